The van der Waals surface area contributed by atoms with Gasteiger partial charge >= 0.3 is 6.09 Å². The van der Waals surface area contributed by atoms with Gasteiger partial charge in [0, 0.05) is 18.5 Å². The Bertz CT molecular complexity index is 508. The van der Waals surface area contributed by atoms with Crippen LogP contribution in [0.2, 0.25) is 0 Å². The monoisotopic (exact) mass is 280 g/mol. The van der Waals surface area contributed by atoms with Gasteiger partial charge in [-0.2, -0.15) is 0 Å². The van der Waals surface area contributed by atoms with Crippen LogP contribution in [0.4, 0.5) is 4.79 Å². The van der Waals surface area contributed by atoms with Crippen molar-refractivity contribution in [3.63, 3.8) is 0 Å². The molecule has 0 saturated carbocycles. The number of aromatic nitrogens is 3. The summed E-state index contributed by atoms with van der Waals surface area (Å²) in [6.07, 6.45) is -0.288. The van der Waals surface area contributed by atoms with E-state index < -0.39 is 5.60 Å². The topological polar surface area (TPSA) is 60.2 Å². The molecule has 1 amide bonds. The molecule has 0 fully saturated rings. The highest BCUT2D eigenvalue weighted by Crippen LogP contribution is 2.24. The molecule has 6 heteroatoms. The van der Waals surface area contributed by atoms with Crippen LogP contribution in [0.5, 0.6) is 0 Å². The summed E-state index contributed by atoms with van der Waals surface area (Å²) < 4.78 is 7.51. The molecule has 0 bridgehead atoms. The summed E-state index contributed by atoms with van der Waals surface area (Å²) in [7, 11) is 0. The first-order chi connectivity index (χ1) is 9.08. The minimum atomic E-state index is -0.473. The van der Waals surface area contributed by atoms with E-state index in [1.165, 1.54) is 0 Å². The van der Waals surface area contributed by atoms with Crippen LogP contribution in [0.3, 0.4) is 0 Å². The molecular formula is C14H24N4O2. The highest BCUT2D eigenvalue weighted by Gasteiger charge is 2.30. The normalized spacial score (nSPS) is 16.0. The predicted octanol–water partition coefficient (Wildman–Crippen LogP) is 2.33. The van der Waals surface area contributed by atoms with Gasteiger partial charge in [0.1, 0.15) is 11.4 Å². The Balaban J connectivity index is 2.13. The van der Waals surface area contributed by atoms with Gasteiger partial charge in [0.25, 0.3) is 0 Å². The number of nitrogens with zero attached hydrogens (tertiary/aromatic N) is 4. The van der Waals surface area contributed by atoms with Crippen molar-refractivity contribution < 1.29 is 9.53 Å². The van der Waals surface area contributed by atoms with E-state index in [9.17, 15) is 4.79 Å². The third kappa shape index (κ3) is 3.11. The molecule has 0 radical (unpaired) electrons. The summed E-state index contributed by atoms with van der Waals surface area (Å²) in [5.41, 5.74) is -0.516. The van der Waals surface area contributed by atoms with Gasteiger partial charge in [-0.3, -0.25) is 4.90 Å². The zero-order valence-electron chi connectivity index (χ0n) is 13.2. The van der Waals surface area contributed by atoms with Gasteiger partial charge in [0.05, 0.1) is 6.54 Å². The van der Waals surface area contributed by atoms with Crippen molar-refractivity contribution in [2.24, 2.45) is 0 Å². The van der Waals surface area contributed by atoms with E-state index in [4.69, 9.17) is 4.74 Å². The highest BCUT2D eigenvalue weighted by molar-refractivity contribution is 5.68. The lowest BCUT2D eigenvalue weighted by atomic mass is 9.95. The fourth-order valence-electron chi connectivity index (χ4n) is 2.19. The van der Waals surface area contributed by atoms with Crippen molar-refractivity contribution in [1.29, 1.82) is 0 Å². The second kappa shape index (κ2) is 4.75. The van der Waals surface area contributed by atoms with E-state index in [1.807, 2.05) is 20.8 Å². The molecule has 0 N–H and O–H groups in total. The van der Waals surface area contributed by atoms with Crippen LogP contribution in [-0.2, 0) is 23.2 Å². The third-order valence-electron chi connectivity index (χ3n) is 3.08. The van der Waals surface area contributed by atoms with E-state index in [0.717, 1.165) is 11.6 Å². The number of rotatable bonds is 0. The molecule has 1 aliphatic rings. The van der Waals surface area contributed by atoms with Crippen molar-refractivity contribution in [2.75, 3.05) is 6.54 Å². The van der Waals surface area contributed by atoms with Gasteiger partial charge in [-0.25, -0.2) is 4.79 Å². The van der Waals surface area contributed by atoms with Gasteiger partial charge < -0.3 is 9.30 Å². The largest absolute Gasteiger partial charge is 0.444 e. The van der Waals surface area contributed by atoms with Gasteiger partial charge in [-0.05, 0) is 20.8 Å². The molecule has 0 aliphatic carbocycles. The van der Waals surface area contributed by atoms with Gasteiger partial charge in [0.2, 0.25) is 0 Å². The lowest BCUT2D eigenvalue weighted by Gasteiger charge is -2.31. The molecule has 0 spiro atoms. The van der Waals surface area contributed by atoms with Gasteiger partial charge in [-0.1, -0.05) is 20.8 Å². The molecule has 1 aromatic heterocycles. The quantitative estimate of drug-likeness (QED) is 0.732. The minimum absolute atomic E-state index is 0.0423. The molecule has 20 heavy (non-hydrogen) atoms. The van der Waals surface area contributed by atoms with Crippen LogP contribution in [0.1, 0.15) is 53.2 Å². The average Bonchev–Trinajstić information content (AvgIpc) is 2.68. The maximum Gasteiger partial charge on any atom is 0.410 e. The number of amides is 1. The van der Waals surface area contributed by atoms with Crippen molar-refractivity contribution in [3.8, 4) is 0 Å². The Kier molecular flexibility index (Phi) is 3.52. The van der Waals surface area contributed by atoms with E-state index >= 15 is 0 Å². The fraction of sp³-hybridized carbons (Fsp3) is 0.786. The number of carbonyl (C=O) groups excluding carboxylic acids is 1. The van der Waals surface area contributed by atoms with Crippen LogP contribution in [-0.4, -0.2) is 37.9 Å². The molecule has 0 aromatic carbocycles. The number of ether oxygens (including phenoxy) is 1. The van der Waals surface area contributed by atoms with Crippen LogP contribution in [0, 0.1) is 0 Å². The summed E-state index contributed by atoms with van der Waals surface area (Å²) in [5, 5.41) is 8.49. The second-order valence-corrected chi connectivity index (χ2v) is 7.24. The molecule has 6 nitrogen and oxygen atoms in total. The van der Waals surface area contributed by atoms with Crippen LogP contribution in [0.15, 0.2) is 0 Å². The van der Waals surface area contributed by atoms with Gasteiger partial charge in [-0.15, -0.1) is 10.2 Å². The Labute approximate surface area is 120 Å². The second-order valence-electron chi connectivity index (χ2n) is 7.24. The predicted molar refractivity (Wildman–Crippen MR) is 75.4 cm³/mol. The SMILES string of the molecule is CC(C)(C)OC(=O)N1CCn2c(nnc2C(C)(C)C)C1. The van der Waals surface area contributed by atoms with Crippen molar-refractivity contribution in [3.05, 3.63) is 11.6 Å². The number of carbonyl (C=O) groups is 1. The molecule has 112 valence electrons. The zero-order chi connectivity index (χ0) is 15.1. The van der Waals surface area contributed by atoms with E-state index in [0.29, 0.717) is 19.6 Å². The molecular weight excluding hydrogens is 256 g/mol. The summed E-state index contributed by atoms with van der Waals surface area (Å²) in [4.78, 5) is 13.8. The number of hydrogen-bond acceptors (Lipinski definition) is 4. The molecule has 0 unspecified atom stereocenters. The van der Waals surface area contributed by atoms with E-state index in [-0.39, 0.29) is 11.5 Å². The molecule has 0 saturated heterocycles. The Morgan fingerprint density at radius 3 is 2.30 bits per heavy atom. The van der Waals surface area contributed by atoms with Crippen molar-refractivity contribution in [1.82, 2.24) is 19.7 Å². The first-order valence-electron chi connectivity index (χ1n) is 6.98. The number of fused-ring (bicyclic) bond motifs is 1. The highest BCUT2D eigenvalue weighted by atomic mass is 16.6. The summed E-state index contributed by atoms with van der Waals surface area (Å²) in [6, 6.07) is 0. The summed E-state index contributed by atoms with van der Waals surface area (Å²) in [6.45, 7) is 13.8. The standard InChI is InChI=1S/C14H24N4O2/c1-13(2,3)11-16-15-10-9-17(7-8-18(10)11)12(19)20-14(4,5)6/h7-9H2,1-6H3. The first-order valence-corrected chi connectivity index (χ1v) is 6.98. The van der Waals surface area contributed by atoms with E-state index in [1.54, 1.807) is 4.90 Å². The molecule has 1 aromatic rings. The van der Waals surface area contributed by atoms with Crippen molar-refractivity contribution >= 4 is 6.09 Å². The lowest BCUT2D eigenvalue weighted by Crippen LogP contribution is -2.42. The zero-order valence-corrected chi connectivity index (χ0v) is 13.2. The van der Waals surface area contributed by atoms with Gasteiger partial charge in [0.15, 0.2) is 5.82 Å². The summed E-state index contributed by atoms with van der Waals surface area (Å²) >= 11 is 0. The molecule has 2 heterocycles. The number of hydrogen-bond donors (Lipinski definition) is 0. The molecule has 0 atom stereocenters. The maximum absolute atomic E-state index is 12.1. The molecule has 2 rings (SSSR count). The lowest BCUT2D eigenvalue weighted by molar-refractivity contribution is 0.0193. The van der Waals surface area contributed by atoms with Crippen LogP contribution >= 0.6 is 0 Å². The Morgan fingerprint density at radius 2 is 1.75 bits per heavy atom. The van der Waals surface area contributed by atoms with E-state index in [2.05, 4.69) is 35.5 Å². The smallest absolute Gasteiger partial charge is 0.410 e. The first kappa shape index (κ1) is 14.8. The Hall–Kier alpha value is -1.59. The van der Waals surface area contributed by atoms with Crippen molar-refractivity contribution in [2.45, 2.75) is 65.6 Å². The third-order valence-corrected chi connectivity index (χ3v) is 3.08. The minimum Gasteiger partial charge on any atom is -0.444 e. The maximum atomic E-state index is 12.1. The Morgan fingerprint density at radius 1 is 1.10 bits per heavy atom. The fourth-order valence-corrected chi connectivity index (χ4v) is 2.19. The molecule has 1 aliphatic heterocycles. The average molecular weight is 280 g/mol. The van der Waals surface area contributed by atoms with Crippen LogP contribution < -0.4 is 0 Å². The summed E-state index contributed by atoms with van der Waals surface area (Å²) in [5.74, 6) is 1.79. The van der Waals surface area contributed by atoms with Crippen LogP contribution in [0.25, 0.3) is 0 Å².